The van der Waals surface area contributed by atoms with Gasteiger partial charge in [-0.3, -0.25) is 0 Å². The molecule has 0 bridgehead atoms. The molecule has 4 rings (SSSR count). The summed E-state index contributed by atoms with van der Waals surface area (Å²) in [6.45, 7) is 9.39. The molecule has 1 saturated carbocycles. The Kier molecular flexibility index (Phi) is 3.96. The number of thiophene rings is 1. The third kappa shape index (κ3) is 2.93. The third-order valence-electron chi connectivity index (χ3n) is 5.34. The molecule has 2 aliphatic carbocycles. The minimum absolute atomic E-state index is 0.402. The predicted molar refractivity (Wildman–Crippen MR) is 101 cm³/mol. The molecule has 1 atom stereocenters. The zero-order valence-electron chi connectivity index (χ0n) is 14.6. The highest BCUT2D eigenvalue weighted by Crippen LogP contribution is 2.46. The van der Waals surface area contributed by atoms with Crippen LogP contribution in [0, 0.1) is 11.3 Å². The van der Waals surface area contributed by atoms with Crippen LogP contribution in [0.4, 0.5) is 0 Å². The number of nitrogens with zero attached hydrogens (tertiary/aromatic N) is 2. The highest BCUT2D eigenvalue weighted by Gasteiger charge is 2.33. The van der Waals surface area contributed by atoms with E-state index in [0.717, 1.165) is 17.5 Å². The van der Waals surface area contributed by atoms with Crippen molar-refractivity contribution in [2.45, 2.75) is 70.7 Å². The van der Waals surface area contributed by atoms with E-state index in [9.17, 15) is 0 Å². The van der Waals surface area contributed by atoms with Crippen molar-refractivity contribution in [2.75, 3.05) is 5.75 Å². The van der Waals surface area contributed by atoms with Gasteiger partial charge < -0.3 is 0 Å². The molecule has 4 heteroatoms. The van der Waals surface area contributed by atoms with Gasteiger partial charge in [0.2, 0.25) is 0 Å². The normalized spacial score (nSPS) is 21.7. The van der Waals surface area contributed by atoms with Crippen LogP contribution in [0.3, 0.4) is 0 Å². The fourth-order valence-electron chi connectivity index (χ4n) is 3.66. The number of hydrogen-bond donors (Lipinski definition) is 0. The largest absolute Gasteiger partial charge is 0.226 e. The molecule has 1 unspecified atom stereocenters. The summed E-state index contributed by atoms with van der Waals surface area (Å²) in [5.41, 5.74) is 1.98. The van der Waals surface area contributed by atoms with Crippen molar-refractivity contribution < 1.29 is 0 Å². The van der Waals surface area contributed by atoms with Crippen LogP contribution in [0.2, 0.25) is 0 Å². The molecule has 0 amide bonds. The number of thioether (sulfide) groups is 1. The summed E-state index contributed by atoms with van der Waals surface area (Å²) in [5.74, 6) is 3.63. The molecular weight excluding hydrogens is 320 g/mol. The molecule has 2 aliphatic rings. The monoisotopic (exact) mass is 346 g/mol. The summed E-state index contributed by atoms with van der Waals surface area (Å²) in [4.78, 5) is 12.8. The van der Waals surface area contributed by atoms with Crippen LogP contribution in [0.25, 0.3) is 10.2 Å². The van der Waals surface area contributed by atoms with Gasteiger partial charge in [0.1, 0.15) is 15.7 Å². The van der Waals surface area contributed by atoms with E-state index in [0.29, 0.717) is 11.3 Å². The van der Waals surface area contributed by atoms with Crippen LogP contribution in [0.15, 0.2) is 5.03 Å². The third-order valence-corrected chi connectivity index (χ3v) is 7.35. The summed E-state index contributed by atoms with van der Waals surface area (Å²) in [6.07, 6.45) is 6.30. The van der Waals surface area contributed by atoms with E-state index in [4.69, 9.17) is 9.97 Å². The molecule has 0 radical (unpaired) electrons. The molecule has 0 spiro atoms. The average molecular weight is 347 g/mol. The van der Waals surface area contributed by atoms with Crippen LogP contribution < -0.4 is 0 Å². The number of aromatic nitrogens is 2. The van der Waals surface area contributed by atoms with Crippen molar-refractivity contribution >= 4 is 33.3 Å². The molecule has 0 saturated heterocycles. The maximum atomic E-state index is 4.97. The zero-order chi connectivity index (χ0) is 16.2. The van der Waals surface area contributed by atoms with Crippen molar-refractivity contribution in [1.29, 1.82) is 0 Å². The minimum atomic E-state index is 0.402. The molecule has 0 aliphatic heterocycles. The Labute approximate surface area is 147 Å². The summed E-state index contributed by atoms with van der Waals surface area (Å²) in [6, 6.07) is 0. The van der Waals surface area contributed by atoms with E-state index in [-0.39, 0.29) is 0 Å². The molecule has 2 nitrogen and oxygen atoms in total. The minimum Gasteiger partial charge on any atom is -0.226 e. The van der Waals surface area contributed by atoms with Gasteiger partial charge in [0, 0.05) is 16.2 Å². The van der Waals surface area contributed by atoms with Crippen molar-refractivity contribution in [3.8, 4) is 0 Å². The number of aryl methyl sites for hydroxylation is 1. The molecule has 2 heterocycles. The second kappa shape index (κ2) is 5.73. The Bertz CT molecular complexity index is 738. The summed E-state index contributed by atoms with van der Waals surface area (Å²) in [5, 5.41) is 2.65. The Morgan fingerprint density at radius 1 is 1.17 bits per heavy atom. The standard InChI is InChI=1S/C19H26N2S2/c1-5-22-17-15-13-9-8-12(19(2,3)4)10-14(13)23-18(15)21-16(20-17)11-6-7-11/h11-12H,5-10H2,1-4H3. The average Bonchev–Trinajstić information content (AvgIpc) is 3.26. The highest BCUT2D eigenvalue weighted by atomic mass is 32.2. The first kappa shape index (κ1) is 15.9. The van der Waals surface area contributed by atoms with E-state index in [1.165, 1.54) is 47.3 Å². The van der Waals surface area contributed by atoms with Gasteiger partial charge in [0.15, 0.2) is 0 Å². The van der Waals surface area contributed by atoms with Crippen LogP contribution in [-0.4, -0.2) is 15.7 Å². The Morgan fingerprint density at radius 2 is 1.96 bits per heavy atom. The molecule has 2 aromatic rings. The first-order valence-electron chi connectivity index (χ1n) is 8.92. The molecule has 0 N–H and O–H groups in total. The predicted octanol–water partition coefficient (Wildman–Crippen LogP) is 5.83. The Morgan fingerprint density at radius 3 is 2.61 bits per heavy atom. The SMILES string of the molecule is CCSc1nc(C2CC2)nc2sc3c(c12)CCC(C(C)(C)C)C3. The lowest BCUT2D eigenvalue weighted by Gasteiger charge is -2.33. The van der Waals surface area contributed by atoms with E-state index in [2.05, 4.69) is 27.7 Å². The fraction of sp³-hybridized carbons (Fsp3) is 0.684. The van der Waals surface area contributed by atoms with Gasteiger partial charge in [0.05, 0.1) is 0 Å². The lowest BCUT2D eigenvalue weighted by atomic mass is 9.72. The van der Waals surface area contributed by atoms with E-state index in [1.54, 1.807) is 10.4 Å². The number of hydrogen-bond acceptors (Lipinski definition) is 4. The summed E-state index contributed by atoms with van der Waals surface area (Å²) in [7, 11) is 0. The van der Waals surface area contributed by atoms with Crippen molar-refractivity contribution in [3.63, 3.8) is 0 Å². The maximum absolute atomic E-state index is 4.97. The Balaban J connectivity index is 1.80. The smallest absolute Gasteiger partial charge is 0.134 e. The first-order valence-corrected chi connectivity index (χ1v) is 10.7. The van der Waals surface area contributed by atoms with Crippen LogP contribution in [0.1, 0.15) is 69.1 Å². The quantitative estimate of drug-likeness (QED) is 0.516. The van der Waals surface area contributed by atoms with Gasteiger partial charge in [-0.2, -0.15) is 0 Å². The van der Waals surface area contributed by atoms with Crippen molar-refractivity contribution in [1.82, 2.24) is 9.97 Å². The van der Waals surface area contributed by atoms with E-state index >= 15 is 0 Å². The van der Waals surface area contributed by atoms with Crippen LogP contribution in [0.5, 0.6) is 0 Å². The number of fused-ring (bicyclic) bond motifs is 3. The zero-order valence-corrected chi connectivity index (χ0v) is 16.2. The summed E-state index contributed by atoms with van der Waals surface area (Å²) < 4.78 is 0. The Hall–Kier alpha value is -0.610. The van der Waals surface area contributed by atoms with E-state index < -0.39 is 0 Å². The molecular formula is C19H26N2S2. The molecule has 23 heavy (non-hydrogen) atoms. The second-order valence-corrected chi connectivity index (χ2v) is 10.4. The van der Waals surface area contributed by atoms with Gasteiger partial charge in [-0.25, -0.2) is 9.97 Å². The van der Waals surface area contributed by atoms with Crippen molar-refractivity contribution in [3.05, 3.63) is 16.3 Å². The lowest BCUT2D eigenvalue weighted by Crippen LogP contribution is -2.26. The van der Waals surface area contributed by atoms with Crippen molar-refractivity contribution in [2.24, 2.45) is 11.3 Å². The van der Waals surface area contributed by atoms with Gasteiger partial charge in [-0.05, 0) is 54.8 Å². The lowest BCUT2D eigenvalue weighted by molar-refractivity contribution is 0.218. The molecule has 0 aromatic carbocycles. The summed E-state index contributed by atoms with van der Waals surface area (Å²) >= 11 is 3.86. The van der Waals surface area contributed by atoms with Gasteiger partial charge in [-0.15, -0.1) is 23.1 Å². The molecule has 1 fully saturated rings. The molecule has 124 valence electrons. The fourth-order valence-corrected chi connectivity index (χ4v) is 5.83. The first-order chi connectivity index (χ1) is 11.0. The second-order valence-electron chi connectivity index (χ2n) is 8.08. The topological polar surface area (TPSA) is 25.8 Å². The van der Waals surface area contributed by atoms with E-state index in [1.807, 2.05) is 23.1 Å². The van der Waals surface area contributed by atoms with Gasteiger partial charge in [0.25, 0.3) is 0 Å². The highest BCUT2D eigenvalue weighted by molar-refractivity contribution is 7.99. The van der Waals surface area contributed by atoms with Gasteiger partial charge >= 0.3 is 0 Å². The number of rotatable bonds is 3. The maximum Gasteiger partial charge on any atom is 0.134 e. The van der Waals surface area contributed by atoms with Crippen LogP contribution >= 0.6 is 23.1 Å². The van der Waals surface area contributed by atoms with Gasteiger partial charge in [-0.1, -0.05) is 27.7 Å². The molecule has 2 aromatic heterocycles. The van der Waals surface area contributed by atoms with Crippen LogP contribution in [-0.2, 0) is 12.8 Å².